The number of aliphatic hydroxyl groups is 1. The number of carboxylic acids is 1. The fourth-order valence-electron chi connectivity index (χ4n) is 2.84. The van der Waals surface area contributed by atoms with Gasteiger partial charge in [-0.25, -0.2) is 9.18 Å². The zero-order valence-electron chi connectivity index (χ0n) is 13.8. The van der Waals surface area contributed by atoms with E-state index in [1.165, 1.54) is 29.2 Å². The standard InChI is InChI=1S/C19H18FNO5/c20-14-6-4-12(5-7-14)8-18(23)21-10-16(22)17(11-21)26-15-3-1-2-13(9-15)19(24)25/h1-7,9,16-17,22H,8,10-11H2,(H,24,25)/t16-,17-/m1/s1. The average Bonchev–Trinajstić information content (AvgIpc) is 2.98. The lowest BCUT2D eigenvalue weighted by Gasteiger charge is -2.17. The summed E-state index contributed by atoms with van der Waals surface area (Å²) in [5.41, 5.74) is 0.767. The van der Waals surface area contributed by atoms with E-state index in [4.69, 9.17) is 9.84 Å². The molecule has 0 saturated carbocycles. The number of halogens is 1. The number of aromatic carboxylic acids is 1. The maximum absolute atomic E-state index is 12.9. The second kappa shape index (κ2) is 7.53. The van der Waals surface area contributed by atoms with E-state index in [9.17, 15) is 19.1 Å². The molecule has 0 unspecified atom stereocenters. The molecule has 0 bridgehead atoms. The van der Waals surface area contributed by atoms with Gasteiger partial charge in [0.2, 0.25) is 5.91 Å². The molecule has 26 heavy (non-hydrogen) atoms. The molecule has 1 saturated heterocycles. The van der Waals surface area contributed by atoms with E-state index in [1.807, 2.05) is 0 Å². The molecule has 2 atom stereocenters. The van der Waals surface area contributed by atoms with E-state index in [0.29, 0.717) is 11.3 Å². The highest BCUT2D eigenvalue weighted by Crippen LogP contribution is 2.21. The van der Waals surface area contributed by atoms with Crippen LogP contribution in [0.15, 0.2) is 48.5 Å². The number of amides is 1. The average molecular weight is 359 g/mol. The van der Waals surface area contributed by atoms with Crippen molar-refractivity contribution in [1.82, 2.24) is 4.90 Å². The molecule has 3 rings (SSSR count). The minimum absolute atomic E-state index is 0.0826. The van der Waals surface area contributed by atoms with Gasteiger partial charge in [0, 0.05) is 0 Å². The Balaban J connectivity index is 1.62. The monoisotopic (exact) mass is 359 g/mol. The number of benzene rings is 2. The normalized spacial score (nSPS) is 19.4. The predicted molar refractivity (Wildman–Crippen MR) is 90.5 cm³/mol. The van der Waals surface area contributed by atoms with Gasteiger partial charge in [-0.3, -0.25) is 4.79 Å². The van der Waals surface area contributed by atoms with Crippen molar-refractivity contribution >= 4 is 11.9 Å². The van der Waals surface area contributed by atoms with E-state index in [2.05, 4.69) is 0 Å². The van der Waals surface area contributed by atoms with Crippen LogP contribution in [0.25, 0.3) is 0 Å². The molecule has 2 aromatic rings. The summed E-state index contributed by atoms with van der Waals surface area (Å²) < 4.78 is 18.6. The van der Waals surface area contributed by atoms with Gasteiger partial charge >= 0.3 is 5.97 Å². The van der Waals surface area contributed by atoms with Crippen molar-refractivity contribution in [1.29, 1.82) is 0 Å². The van der Waals surface area contributed by atoms with Gasteiger partial charge in [0.25, 0.3) is 0 Å². The third-order valence-electron chi connectivity index (χ3n) is 4.23. The Morgan fingerprint density at radius 2 is 1.88 bits per heavy atom. The highest BCUT2D eigenvalue weighted by atomic mass is 19.1. The zero-order valence-corrected chi connectivity index (χ0v) is 13.8. The van der Waals surface area contributed by atoms with Crippen molar-refractivity contribution in [2.24, 2.45) is 0 Å². The molecule has 1 aliphatic heterocycles. The number of carbonyl (C=O) groups excluding carboxylic acids is 1. The van der Waals surface area contributed by atoms with Crippen molar-refractivity contribution < 1.29 is 28.9 Å². The first kappa shape index (κ1) is 17.9. The van der Waals surface area contributed by atoms with E-state index in [-0.39, 0.29) is 36.8 Å². The molecule has 2 N–H and O–H groups in total. The lowest BCUT2D eigenvalue weighted by Crippen LogP contribution is -2.32. The van der Waals surface area contributed by atoms with Crippen LogP contribution in [-0.4, -0.2) is 52.3 Å². The van der Waals surface area contributed by atoms with Gasteiger partial charge in [0.05, 0.1) is 25.1 Å². The van der Waals surface area contributed by atoms with Gasteiger partial charge in [-0.1, -0.05) is 18.2 Å². The molecule has 136 valence electrons. The Bertz CT molecular complexity index is 808. The molecule has 1 fully saturated rings. The maximum Gasteiger partial charge on any atom is 0.335 e. The topological polar surface area (TPSA) is 87.1 Å². The van der Waals surface area contributed by atoms with Gasteiger partial charge in [0.15, 0.2) is 0 Å². The predicted octanol–water partition coefficient (Wildman–Crippen LogP) is 1.72. The number of carboxylic acid groups (broad SMARTS) is 1. The first-order valence-corrected chi connectivity index (χ1v) is 8.12. The number of ether oxygens (including phenoxy) is 1. The molecule has 0 spiro atoms. The molecule has 0 radical (unpaired) electrons. The second-order valence-electron chi connectivity index (χ2n) is 6.16. The largest absolute Gasteiger partial charge is 0.486 e. The Morgan fingerprint density at radius 1 is 1.15 bits per heavy atom. The first-order valence-electron chi connectivity index (χ1n) is 8.12. The highest BCUT2D eigenvalue weighted by Gasteiger charge is 2.35. The lowest BCUT2D eigenvalue weighted by molar-refractivity contribution is -0.129. The quantitative estimate of drug-likeness (QED) is 0.849. The van der Waals surface area contributed by atoms with Crippen LogP contribution in [0, 0.1) is 5.82 Å². The first-order chi connectivity index (χ1) is 12.4. The van der Waals surface area contributed by atoms with Crippen molar-refractivity contribution in [2.45, 2.75) is 18.6 Å². The summed E-state index contributed by atoms with van der Waals surface area (Å²) in [4.78, 5) is 24.9. The van der Waals surface area contributed by atoms with Gasteiger partial charge in [-0.05, 0) is 35.9 Å². The summed E-state index contributed by atoms with van der Waals surface area (Å²) in [7, 11) is 0. The van der Waals surface area contributed by atoms with E-state index < -0.39 is 18.2 Å². The number of aliphatic hydroxyl groups excluding tert-OH is 1. The summed E-state index contributed by atoms with van der Waals surface area (Å²) in [6.45, 7) is 0.321. The molecule has 2 aromatic carbocycles. The van der Waals surface area contributed by atoms with Crippen LogP contribution in [0.3, 0.4) is 0 Å². The van der Waals surface area contributed by atoms with Crippen LogP contribution in [-0.2, 0) is 11.2 Å². The van der Waals surface area contributed by atoms with Crippen molar-refractivity contribution in [3.8, 4) is 5.75 Å². The maximum atomic E-state index is 12.9. The second-order valence-corrected chi connectivity index (χ2v) is 6.16. The smallest absolute Gasteiger partial charge is 0.335 e. The van der Waals surface area contributed by atoms with Crippen LogP contribution in [0.1, 0.15) is 15.9 Å². The Labute approximate surface area is 149 Å². The third kappa shape index (κ3) is 4.18. The molecule has 0 aliphatic carbocycles. The van der Waals surface area contributed by atoms with Crippen LogP contribution in [0.2, 0.25) is 0 Å². The van der Waals surface area contributed by atoms with Crippen molar-refractivity contribution in [3.63, 3.8) is 0 Å². The zero-order chi connectivity index (χ0) is 18.7. The van der Waals surface area contributed by atoms with Crippen molar-refractivity contribution in [2.75, 3.05) is 13.1 Å². The number of rotatable bonds is 5. The molecule has 1 amide bonds. The number of hydrogen-bond acceptors (Lipinski definition) is 4. The Morgan fingerprint density at radius 3 is 2.58 bits per heavy atom. The van der Waals surface area contributed by atoms with Gasteiger partial charge < -0.3 is 19.8 Å². The summed E-state index contributed by atoms with van der Waals surface area (Å²) in [6, 6.07) is 11.7. The molecular formula is C19H18FNO5. The highest BCUT2D eigenvalue weighted by molar-refractivity contribution is 5.88. The number of β-amino-alcohol motifs (C(OH)–C–C–N with tert-alkyl or cyclic N) is 1. The summed E-state index contributed by atoms with van der Waals surface area (Å²) >= 11 is 0. The van der Waals surface area contributed by atoms with Crippen LogP contribution in [0.4, 0.5) is 4.39 Å². The number of likely N-dealkylation sites (tertiary alicyclic amines) is 1. The number of carbonyl (C=O) groups is 2. The summed E-state index contributed by atoms with van der Waals surface area (Å²) in [6.07, 6.45) is -1.41. The molecule has 1 aliphatic rings. The van der Waals surface area contributed by atoms with Gasteiger partial charge in [-0.15, -0.1) is 0 Å². The van der Waals surface area contributed by atoms with Crippen LogP contribution < -0.4 is 4.74 Å². The summed E-state index contributed by atoms with van der Waals surface area (Å²) in [5, 5.41) is 19.2. The van der Waals surface area contributed by atoms with E-state index in [1.54, 1.807) is 24.3 Å². The van der Waals surface area contributed by atoms with Gasteiger partial charge in [-0.2, -0.15) is 0 Å². The fraction of sp³-hybridized carbons (Fsp3) is 0.263. The Kier molecular flexibility index (Phi) is 5.18. The minimum atomic E-state index is -1.07. The minimum Gasteiger partial charge on any atom is -0.486 e. The third-order valence-corrected chi connectivity index (χ3v) is 4.23. The molecular weight excluding hydrogens is 341 g/mol. The Hall–Kier alpha value is -2.93. The SMILES string of the molecule is O=C(O)c1cccc(O[C@@H]2CN(C(=O)Cc3ccc(F)cc3)C[C@H]2O)c1. The van der Waals surface area contributed by atoms with Crippen LogP contribution >= 0.6 is 0 Å². The van der Waals surface area contributed by atoms with Crippen molar-refractivity contribution in [3.05, 3.63) is 65.5 Å². The molecule has 1 heterocycles. The fourth-order valence-corrected chi connectivity index (χ4v) is 2.84. The van der Waals surface area contributed by atoms with E-state index >= 15 is 0 Å². The van der Waals surface area contributed by atoms with Crippen LogP contribution in [0.5, 0.6) is 5.75 Å². The molecule has 6 nitrogen and oxygen atoms in total. The lowest BCUT2D eigenvalue weighted by atomic mass is 10.1. The molecule has 0 aromatic heterocycles. The number of nitrogens with zero attached hydrogens (tertiary/aromatic N) is 1. The van der Waals surface area contributed by atoms with Gasteiger partial charge in [0.1, 0.15) is 23.8 Å². The van der Waals surface area contributed by atoms with E-state index in [0.717, 1.165) is 0 Å². The number of hydrogen-bond donors (Lipinski definition) is 2. The molecule has 7 heteroatoms. The summed E-state index contributed by atoms with van der Waals surface area (Å²) in [5.74, 6) is -1.31.